The van der Waals surface area contributed by atoms with Crippen LogP contribution >= 0.6 is 11.6 Å². The molecule has 5 heteroatoms. The molecule has 126 valence electrons. The highest BCUT2D eigenvalue weighted by molar-refractivity contribution is 6.30. The molecule has 1 heterocycles. The molecule has 1 saturated heterocycles. The van der Waals surface area contributed by atoms with Crippen LogP contribution in [0, 0.1) is 5.92 Å². The Morgan fingerprint density at radius 1 is 1.39 bits per heavy atom. The van der Waals surface area contributed by atoms with Crippen molar-refractivity contribution in [2.24, 2.45) is 5.92 Å². The maximum Gasteiger partial charge on any atom is 0.315 e. The molecular weight excluding hydrogens is 312 g/mol. The fourth-order valence-corrected chi connectivity index (χ4v) is 3.70. The molecule has 1 saturated carbocycles. The molecule has 1 aromatic carbocycles. The number of amides is 2. The summed E-state index contributed by atoms with van der Waals surface area (Å²) in [5.41, 5.74) is 1.13. The van der Waals surface area contributed by atoms with E-state index in [1.165, 1.54) is 5.56 Å². The lowest BCUT2D eigenvalue weighted by molar-refractivity contribution is 0.0119. The number of nitrogens with one attached hydrogen (secondary N) is 2. The fourth-order valence-electron chi connectivity index (χ4n) is 3.50. The van der Waals surface area contributed by atoms with E-state index in [-0.39, 0.29) is 17.7 Å². The Hall–Kier alpha value is -1.26. The van der Waals surface area contributed by atoms with Gasteiger partial charge in [0.25, 0.3) is 0 Å². The quantitative estimate of drug-likeness (QED) is 0.880. The highest BCUT2D eigenvalue weighted by atomic mass is 35.5. The highest BCUT2D eigenvalue weighted by Crippen LogP contribution is 2.37. The number of carbonyl (C=O) groups is 1. The minimum atomic E-state index is -0.137. The van der Waals surface area contributed by atoms with Crippen LogP contribution in [0.1, 0.15) is 44.6 Å². The van der Waals surface area contributed by atoms with Gasteiger partial charge in [0.1, 0.15) is 0 Å². The number of hydrogen-bond donors (Lipinski definition) is 2. The van der Waals surface area contributed by atoms with E-state index in [0.717, 1.165) is 30.9 Å². The maximum absolute atomic E-state index is 12.0. The normalized spacial score (nSPS) is 28.9. The van der Waals surface area contributed by atoms with Crippen molar-refractivity contribution in [1.29, 1.82) is 0 Å². The number of urea groups is 1. The SMILES string of the molecule is CC1(C)OCC[C@@H]1CNC(=O)NC1CC(c2cccc(Cl)c2)C1. The van der Waals surface area contributed by atoms with Gasteiger partial charge in [0.15, 0.2) is 0 Å². The molecule has 2 aliphatic rings. The molecule has 1 aliphatic carbocycles. The molecule has 1 atom stereocenters. The third-order valence-electron chi connectivity index (χ3n) is 5.23. The molecule has 0 radical (unpaired) electrons. The lowest BCUT2D eigenvalue weighted by atomic mass is 9.76. The molecule has 3 rings (SSSR count). The van der Waals surface area contributed by atoms with Gasteiger partial charge in [-0.1, -0.05) is 23.7 Å². The van der Waals surface area contributed by atoms with Gasteiger partial charge in [0, 0.05) is 30.1 Å². The third kappa shape index (κ3) is 3.99. The zero-order valence-corrected chi connectivity index (χ0v) is 14.5. The summed E-state index contributed by atoms with van der Waals surface area (Å²) < 4.78 is 5.69. The summed E-state index contributed by atoms with van der Waals surface area (Å²) in [6.07, 6.45) is 2.96. The molecular formula is C18H25ClN2O2. The smallest absolute Gasteiger partial charge is 0.315 e. The molecule has 4 nitrogen and oxygen atoms in total. The molecule has 0 aromatic heterocycles. The van der Waals surface area contributed by atoms with Gasteiger partial charge in [-0.15, -0.1) is 0 Å². The van der Waals surface area contributed by atoms with Crippen molar-refractivity contribution in [2.45, 2.75) is 50.7 Å². The Kier molecular flexibility index (Phi) is 4.83. The van der Waals surface area contributed by atoms with Crippen LogP contribution in [0.2, 0.25) is 5.02 Å². The van der Waals surface area contributed by atoms with E-state index in [1.807, 2.05) is 18.2 Å². The number of rotatable bonds is 4. The van der Waals surface area contributed by atoms with Crippen LogP contribution in [0.25, 0.3) is 0 Å². The zero-order valence-electron chi connectivity index (χ0n) is 13.8. The van der Waals surface area contributed by atoms with Gasteiger partial charge in [-0.2, -0.15) is 0 Å². The monoisotopic (exact) mass is 336 g/mol. The standard InChI is InChI=1S/C18H25ClN2O2/c1-18(2)14(6-7-23-18)11-20-17(22)21-16-9-13(10-16)12-4-3-5-15(19)8-12/h3-5,8,13-14,16H,6-7,9-11H2,1-2H3,(H2,20,21,22)/t13?,14-,16?/m1/s1. The number of ether oxygens (including phenoxy) is 1. The second-order valence-electron chi connectivity index (χ2n) is 7.21. The summed E-state index contributed by atoms with van der Waals surface area (Å²) in [5, 5.41) is 6.83. The Labute approximate surface area is 142 Å². The van der Waals surface area contributed by atoms with Gasteiger partial charge in [-0.3, -0.25) is 0 Å². The van der Waals surface area contributed by atoms with Crippen LogP contribution in [0.15, 0.2) is 24.3 Å². The average molecular weight is 337 g/mol. The van der Waals surface area contributed by atoms with Crippen molar-refractivity contribution in [3.63, 3.8) is 0 Å². The first-order chi connectivity index (χ1) is 10.9. The Morgan fingerprint density at radius 2 is 2.17 bits per heavy atom. The lowest BCUT2D eigenvalue weighted by Gasteiger charge is -2.36. The van der Waals surface area contributed by atoms with Crippen LogP contribution in [0.4, 0.5) is 4.79 Å². The van der Waals surface area contributed by atoms with E-state index in [1.54, 1.807) is 0 Å². The number of carbonyl (C=O) groups excluding carboxylic acids is 1. The predicted molar refractivity (Wildman–Crippen MR) is 91.9 cm³/mol. The van der Waals surface area contributed by atoms with Gasteiger partial charge in [-0.25, -0.2) is 4.79 Å². The molecule has 1 aromatic rings. The number of hydrogen-bond acceptors (Lipinski definition) is 2. The first-order valence-electron chi connectivity index (χ1n) is 8.38. The van der Waals surface area contributed by atoms with E-state index in [9.17, 15) is 4.79 Å². The first kappa shape index (κ1) is 16.6. The average Bonchev–Trinajstić information content (AvgIpc) is 2.79. The Balaban J connectivity index is 1.39. The lowest BCUT2D eigenvalue weighted by Crippen LogP contribution is -2.49. The summed E-state index contributed by atoms with van der Waals surface area (Å²) in [6, 6.07) is 8.19. The largest absolute Gasteiger partial charge is 0.375 e. The van der Waals surface area contributed by atoms with Crippen molar-refractivity contribution in [1.82, 2.24) is 10.6 Å². The Morgan fingerprint density at radius 3 is 2.83 bits per heavy atom. The van der Waals surface area contributed by atoms with Gasteiger partial charge in [0.05, 0.1) is 5.60 Å². The second kappa shape index (κ2) is 6.70. The van der Waals surface area contributed by atoms with Crippen LogP contribution in [0.3, 0.4) is 0 Å². The van der Waals surface area contributed by atoms with Gasteiger partial charge in [-0.05, 0) is 56.7 Å². The van der Waals surface area contributed by atoms with Crippen molar-refractivity contribution in [2.75, 3.05) is 13.2 Å². The van der Waals surface area contributed by atoms with Crippen molar-refractivity contribution in [3.8, 4) is 0 Å². The molecule has 2 amide bonds. The van der Waals surface area contributed by atoms with E-state index in [0.29, 0.717) is 18.4 Å². The minimum absolute atomic E-state index is 0.0674. The molecule has 2 fully saturated rings. The summed E-state index contributed by atoms with van der Waals surface area (Å²) in [4.78, 5) is 12.0. The molecule has 23 heavy (non-hydrogen) atoms. The summed E-state index contributed by atoms with van der Waals surface area (Å²) in [6.45, 7) is 5.63. The second-order valence-corrected chi connectivity index (χ2v) is 7.65. The maximum atomic E-state index is 12.0. The predicted octanol–water partition coefficient (Wildman–Crippen LogP) is 3.70. The fraction of sp³-hybridized carbons (Fsp3) is 0.611. The van der Waals surface area contributed by atoms with E-state index < -0.39 is 0 Å². The number of halogens is 1. The molecule has 0 bridgehead atoms. The highest BCUT2D eigenvalue weighted by Gasteiger charge is 2.36. The summed E-state index contributed by atoms with van der Waals surface area (Å²) in [7, 11) is 0. The van der Waals surface area contributed by atoms with Crippen molar-refractivity contribution >= 4 is 17.6 Å². The van der Waals surface area contributed by atoms with E-state index >= 15 is 0 Å². The summed E-state index contributed by atoms with van der Waals surface area (Å²) >= 11 is 6.03. The van der Waals surface area contributed by atoms with Crippen LogP contribution in [-0.2, 0) is 4.74 Å². The molecule has 1 aliphatic heterocycles. The van der Waals surface area contributed by atoms with Crippen molar-refractivity contribution in [3.05, 3.63) is 34.9 Å². The molecule has 2 N–H and O–H groups in total. The zero-order chi connectivity index (χ0) is 16.4. The van der Waals surface area contributed by atoms with Crippen LogP contribution in [0.5, 0.6) is 0 Å². The summed E-state index contributed by atoms with van der Waals surface area (Å²) in [5.74, 6) is 0.884. The first-order valence-corrected chi connectivity index (χ1v) is 8.75. The molecule has 0 spiro atoms. The third-order valence-corrected chi connectivity index (χ3v) is 5.46. The minimum Gasteiger partial charge on any atom is -0.375 e. The molecule has 0 unspecified atom stereocenters. The van der Waals surface area contributed by atoms with Crippen molar-refractivity contribution < 1.29 is 9.53 Å². The topological polar surface area (TPSA) is 50.4 Å². The number of benzene rings is 1. The van der Waals surface area contributed by atoms with Crippen LogP contribution in [-0.4, -0.2) is 30.8 Å². The van der Waals surface area contributed by atoms with Gasteiger partial charge in [0.2, 0.25) is 0 Å². The van der Waals surface area contributed by atoms with E-state index in [4.69, 9.17) is 16.3 Å². The van der Waals surface area contributed by atoms with Crippen LogP contribution < -0.4 is 10.6 Å². The van der Waals surface area contributed by atoms with Gasteiger partial charge >= 0.3 is 6.03 Å². The Bertz CT molecular complexity index is 570. The van der Waals surface area contributed by atoms with Gasteiger partial charge < -0.3 is 15.4 Å². The van der Waals surface area contributed by atoms with E-state index in [2.05, 4.69) is 30.5 Å².